The molecular weight excluding hydrogens is 303 g/mol. The van der Waals surface area contributed by atoms with Crippen molar-refractivity contribution in [1.82, 2.24) is 4.72 Å². The fourth-order valence-corrected chi connectivity index (χ4v) is 3.36. The van der Waals surface area contributed by atoms with E-state index in [1.165, 1.54) is 37.3 Å². The summed E-state index contributed by atoms with van der Waals surface area (Å²) >= 11 is 0. The number of nitrogens with zero attached hydrogens (tertiary/aromatic N) is 1. The Morgan fingerprint density at radius 1 is 1.14 bits per heavy atom. The minimum Gasteiger partial charge on any atom is -0.207 e. The second-order valence-electron chi connectivity index (χ2n) is 5.14. The van der Waals surface area contributed by atoms with Gasteiger partial charge in [-0.15, -0.1) is 0 Å². The molecule has 2 aromatic rings. The van der Waals surface area contributed by atoms with Crippen molar-refractivity contribution in [2.75, 3.05) is 0 Å². The van der Waals surface area contributed by atoms with Crippen molar-refractivity contribution >= 4 is 10.0 Å². The van der Waals surface area contributed by atoms with Gasteiger partial charge in [0.2, 0.25) is 10.0 Å². The van der Waals surface area contributed by atoms with E-state index < -0.39 is 21.4 Å². The molecule has 1 unspecified atom stereocenters. The number of rotatable bonds is 4. The Bertz CT molecular complexity index is 826. The van der Waals surface area contributed by atoms with Gasteiger partial charge in [-0.2, -0.15) is 9.98 Å². The SMILES string of the molecule is Cc1ccc(S(=O)(=O)NC(C)(C#N)c2ccccc2F)cc1. The minimum absolute atomic E-state index is 0.0202. The average Bonchev–Trinajstić information content (AvgIpc) is 2.47. The maximum atomic E-state index is 13.9. The van der Waals surface area contributed by atoms with E-state index in [2.05, 4.69) is 4.72 Å². The monoisotopic (exact) mass is 318 g/mol. The molecule has 0 aromatic heterocycles. The highest BCUT2D eigenvalue weighted by molar-refractivity contribution is 7.89. The first-order chi connectivity index (χ1) is 10.3. The normalized spacial score (nSPS) is 14.1. The lowest BCUT2D eigenvalue weighted by Crippen LogP contribution is -2.42. The molecule has 2 rings (SSSR count). The van der Waals surface area contributed by atoms with E-state index >= 15 is 0 Å². The van der Waals surface area contributed by atoms with Crippen LogP contribution in [0, 0.1) is 24.1 Å². The van der Waals surface area contributed by atoms with Crippen molar-refractivity contribution in [3.05, 3.63) is 65.5 Å². The molecule has 6 heteroatoms. The molecule has 0 bridgehead atoms. The van der Waals surface area contributed by atoms with Gasteiger partial charge in [0.15, 0.2) is 0 Å². The van der Waals surface area contributed by atoms with E-state index in [1.54, 1.807) is 18.2 Å². The number of nitrogens with one attached hydrogen (secondary N) is 1. The molecule has 0 saturated heterocycles. The Morgan fingerprint density at radius 3 is 2.27 bits per heavy atom. The first-order valence-corrected chi connectivity index (χ1v) is 8.04. The van der Waals surface area contributed by atoms with Gasteiger partial charge in [0.05, 0.1) is 11.0 Å². The van der Waals surface area contributed by atoms with E-state index in [-0.39, 0.29) is 10.5 Å². The van der Waals surface area contributed by atoms with Crippen LogP contribution >= 0.6 is 0 Å². The van der Waals surface area contributed by atoms with Crippen molar-refractivity contribution in [3.8, 4) is 6.07 Å². The van der Waals surface area contributed by atoms with Crippen LogP contribution < -0.4 is 4.72 Å². The van der Waals surface area contributed by atoms with Crippen LogP contribution in [0.2, 0.25) is 0 Å². The summed E-state index contributed by atoms with van der Waals surface area (Å²) < 4.78 is 41.0. The Hall–Kier alpha value is -2.23. The van der Waals surface area contributed by atoms with Gasteiger partial charge in [0, 0.05) is 5.56 Å². The first-order valence-electron chi connectivity index (χ1n) is 6.55. The molecule has 0 heterocycles. The summed E-state index contributed by atoms with van der Waals surface area (Å²) in [6.07, 6.45) is 0. The van der Waals surface area contributed by atoms with Crippen LogP contribution in [0.5, 0.6) is 0 Å². The summed E-state index contributed by atoms with van der Waals surface area (Å²) in [6.45, 7) is 3.17. The summed E-state index contributed by atoms with van der Waals surface area (Å²) in [7, 11) is -3.95. The molecule has 0 aliphatic rings. The van der Waals surface area contributed by atoms with Gasteiger partial charge in [-0.1, -0.05) is 35.9 Å². The highest BCUT2D eigenvalue weighted by atomic mass is 32.2. The Balaban J connectivity index is 2.44. The Labute approximate surface area is 129 Å². The molecule has 0 aliphatic heterocycles. The Morgan fingerprint density at radius 2 is 1.73 bits per heavy atom. The second-order valence-corrected chi connectivity index (χ2v) is 6.82. The second kappa shape index (κ2) is 5.87. The molecule has 0 aliphatic carbocycles. The zero-order valence-electron chi connectivity index (χ0n) is 12.2. The maximum absolute atomic E-state index is 13.9. The van der Waals surface area contributed by atoms with E-state index in [0.717, 1.165) is 5.56 Å². The van der Waals surface area contributed by atoms with Crippen LogP contribution in [0.1, 0.15) is 18.1 Å². The minimum atomic E-state index is -3.95. The lowest BCUT2D eigenvalue weighted by Gasteiger charge is -2.24. The number of halogens is 1. The highest BCUT2D eigenvalue weighted by Gasteiger charge is 2.34. The summed E-state index contributed by atoms with van der Waals surface area (Å²) in [5, 5.41) is 9.37. The van der Waals surface area contributed by atoms with Gasteiger partial charge >= 0.3 is 0 Å². The maximum Gasteiger partial charge on any atom is 0.242 e. The predicted octanol–water partition coefficient (Wildman–Crippen LogP) is 2.85. The largest absolute Gasteiger partial charge is 0.242 e. The summed E-state index contributed by atoms with van der Waals surface area (Å²) in [5.41, 5.74) is -0.806. The molecular formula is C16H15FN2O2S. The molecule has 0 radical (unpaired) electrons. The molecule has 2 aromatic carbocycles. The molecule has 0 fully saturated rings. The lowest BCUT2D eigenvalue weighted by atomic mass is 9.94. The third kappa shape index (κ3) is 3.16. The zero-order valence-corrected chi connectivity index (χ0v) is 13.0. The van der Waals surface area contributed by atoms with Crippen LogP contribution in [-0.2, 0) is 15.6 Å². The third-order valence-electron chi connectivity index (χ3n) is 3.31. The molecule has 0 amide bonds. The molecule has 114 valence electrons. The van der Waals surface area contributed by atoms with Crippen LogP contribution in [0.15, 0.2) is 53.4 Å². The number of aryl methyl sites for hydroxylation is 1. The number of hydrogen-bond donors (Lipinski definition) is 1. The molecule has 22 heavy (non-hydrogen) atoms. The van der Waals surface area contributed by atoms with Crippen molar-refractivity contribution in [3.63, 3.8) is 0 Å². The van der Waals surface area contributed by atoms with Gasteiger partial charge in [-0.25, -0.2) is 12.8 Å². The van der Waals surface area contributed by atoms with Crippen LogP contribution in [-0.4, -0.2) is 8.42 Å². The fraction of sp³-hybridized carbons (Fsp3) is 0.188. The van der Waals surface area contributed by atoms with E-state index in [4.69, 9.17) is 0 Å². The van der Waals surface area contributed by atoms with Crippen molar-refractivity contribution < 1.29 is 12.8 Å². The number of hydrogen-bond acceptors (Lipinski definition) is 3. The van der Waals surface area contributed by atoms with Crippen LogP contribution in [0.4, 0.5) is 4.39 Å². The van der Waals surface area contributed by atoms with Gasteiger partial charge < -0.3 is 0 Å². The molecule has 4 nitrogen and oxygen atoms in total. The number of benzene rings is 2. The predicted molar refractivity (Wildman–Crippen MR) is 80.9 cm³/mol. The number of nitriles is 1. The summed E-state index contributed by atoms with van der Waals surface area (Å²) in [5.74, 6) is -0.641. The highest BCUT2D eigenvalue weighted by Crippen LogP contribution is 2.25. The van der Waals surface area contributed by atoms with Gasteiger partial charge in [0.25, 0.3) is 0 Å². The summed E-state index contributed by atoms with van der Waals surface area (Å²) in [4.78, 5) is 0.0240. The van der Waals surface area contributed by atoms with E-state index in [0.29, 0.717) is 0 Å². The first kappa shape index (κ1) is 16.1. The molecule has 1 N–H and O–H groups in total. The molecule has 1 atom stereocenters. The number of sulfonamides is 1. The van der Waals surface area contributed by atoms with Crippen molar-refractivity contribution in [2.45, 2.75) is 24.3 Å². The summed E-state index contributed by atoms with van der Waals surface area (Å²) in [6, 6.07) is 13.6. The van der Waals surface area contributed by atoms with Crippen molar-refractivity contribution in [2.24, 2.45) is 0 Å². The quantitative estimate of drug-likeness (QED) is 0.942. The van der Waals surface area contributed by atoms with Gasteiger partial charge in [-0.3, -0.25) is 0 Å². The standard InChI is InChI=1S/C16H15FN2O2S/c1-12-7-9-13(10-8-12)22(20,21)19-16(2,11-18)14-5-3-4-6-15(14)17/h3-10,19H,1-2H3. The van der Waals surface area contributed by atoms with E-state index in [9.17, 15) is 18.1 Å². The zero-order chi connectivity index (χ0) is 16.4. The van der Waals surface area contributed by atoms with Crippen LogP contribution in [0.3, 0.4) is 0 Å². The average molecular weight is 318 g/mol. The fourth-order valence-electron chi connectivity index (χ4n) is 2.05. The molecule has 0 saturated carbocycles. The molecule has 0 spiro atoms. The smallest absolute Gasteiger partial charge is 0.207 e. The Kier molecular flexibility index (Phi) is 4.31. The van der Waals surface area contributed by atoms with Gasteiger partial charge in [0.1, 0.15) is 11.4 Å². The van der Waals surface area contributed by atoms with Crippen LogP contribution in [0.25, 0.3) is 0 Å². The lowest BCUT2D eigenvalue weighted by molar-refractivity contribution is 0.496. The topological polar surface area (TPSA) is 70.0 Å². The van der Waals surface area contributed by atoms with E-state index in [1.807, 2.05) is 13.0 Å². The van der Waals surface area contributed by atoms with Crippen molar-refractivity contribution in [1.29, 1.82) is 5.26 Å². The third-order valence-corrected chi connectivity index (χ3v) is 4.88. The van der Waals surface area contributed by atoms with Gasteiger partial charge in [-0.05, 0) is 32.0 Å².